The SMILES string of the molecule is Oc1ccc(Br)cc1C12CC3CC(C1)C(C3)C2. The van der Waals surface area contributed by atoms with E-state index in [2.05, 4.69) is 22.0 Å². The second-order valence-electron chi connectivity index (χ2n) is 6.41. The Balaban J connectivity index is 1.82. The van der Waals surface area contributed by atoms with E-state index in [0.717, 1.165) is 22.2 Å². The molecule has 90 valence electrons. The lowest BCUT2D eigenvalue weighted by atomic mass is 9.65. The van der Waals surface area contributed by atoms with Gasteiger partial charge in [0.25, 0.3) is 0 Å². The minimum Gasteiger partial charge on any atom is -0.508 e. The van der Waals surface area contributed by atoms with E-state index in [4.69, 9.17) is 0 Å². The highest BCUT2D eigenvalue weighted by atomic mass is 79.9. The van der Waals surface area contributed by atoms with Crippen molar-refractivity contribution in [3.8, 4) is 5.75 Å². The molecule has 0 saturated heterocycles. The molecule has 1 N–H and O–H groups in total. The molecule has 2 unspecified atom stereocenters. The topological polar surface area (TPSA) is 20.2 Å². The van der Waals surface area contributed by atoms with Crippen molar-refractivity contribution in [2.45, 2.75) is 37.5 Å². The molecule has 4 aliphatic rings. The summed E-state index contributed by atoms with van der Waals surface area (Å²) in [6, 6.07) is 5.94. The van der Waals surface area contributed by atoms with Crippen molar-refractivity contribution in [2.24, 2.45) is 17.8 Å². The summed E-state index contributed by atoms with van der Waals surface area (Å²) in [6.07, 6.45) is 6.86. The first-order valence-corrected chi connectivity index (χ1v) is 7.45. The average molecular weight is 293 g/mol. The van der Waals surface area contributed by atoms with Crippen LogP contribution in [0.15, 0.2) is 22.7 Å². The van der Waals surface area contributed by atoms with Gasteiger partial charge in [0.15, 0.2) is 0 Å². The Kier molecular flexibility index (Phi) is 2.01. The minimum absolute atomic E-state index is 0.310. The summed E-state index contributed by atoms with van der Waals surface area (Å²) in [5, 5.41) is 10.2. The number of benzene rings is 1. The number of phenolic OH excluding ortho intramolecular Hbond substituents is 1. The molecule has 0 amide bonds. The van der Waals surface area contributed by atoms with Crippen molar-refractivity contribution >= 4 is 15.9 Å². The molecule has 0 aromatic heterocycles. The molecule has 5 rings (SSSR count). The third-order valence-electron chi connectivity index (χ3n) is 5.45. The molecule has 0 spiro atoms. The highest BCUT2D eigenvalue weighted by Crippen LogP contribution is 2.65. The van der Waals surface area contributed by atoms with E-state index in [1.165, 1.54) is 37.7 Å². The Morgan fingerprint density at radius 3 is 2.47 bits per heavy atom. The smallest absolute Gasteiger partial charge is 0.119 e. The van der Waals surface area contributed by atoms with Gasteiger partial charge in [0.05, 0.1) is 0 Å². The van der Waals surface area contributed by atoms with Gasteiger partial charge in [-0.15, -0.1) is 0 Å². The minimum atomic E-state index is 0.310. The van der Waals surface area contributed by atoms with Crippen LogP contribution in [0.1, 0.15) is 37.7 Å². The Bertz CT molecular complexity index is 462. The molecule has 17 heavy (non-hydrogen) atoms. The molecule has 1 aromatic carbocycles. The Morgan fingerprint density at radius 1 is 1.12 bits per heavy atom. The summed E-state index contributed by atoms with van der Waals surface area (Å²) in [5.41, 5.74) is 1.52. The Labute approximate surface area is 110 Å². The second-order valence-corrected chi connectivity index (χ2v) is 7.33. The zero-order chi connectivity index (χ0) is 11.6. The first-order chi connectivity index (χ1) is 8.16. The monoisotopic (exact) mass is 292 g/mol. The van der Waals surface area contributed by atoms with Gasteiger partial charge in [0.2, 0.25) is 0 Å². The lowest BCUT2D eigenvalue weighted by Gasteiger charge is -2.39. The van der Waals surface area contributed by atoms with Crippen LogP contribution in [0.4, 0.5) is 0 Å². The van der Waals surface area contributed by atoms with Gasteiger partial charge in [-0.25, -0.2) is 0 Å². The maximum Gasteiger partial charge on any atom is 0.119 e. The van der Waals surface area contributed by atoms with Gasteiger partial charge in [-0.2, -0.15) is 0 Å². The first-order valence-electron chi connectivity index (χ1n) is 6.65. The predicted octanol–water partition coefficient (Wildman–Crippen LogP) is 4.23. The van der Waals surface area contributed by atoms with Crippen LogP contribution < -0.4 is 0 Å². The highest BCUT2D eigenvalue weighted by Gasteiger charge is 2.56. The quantitative estimate of drug-likeness (QED) is 0.821. The van der Waals surface area contributed by atoms with Gasteiger partial charge in [-0.1, -0.05) is 15.9 Å². The largest absolute Gasteiger partial charge is 0.508 e. The number of hydrogen-bond acceptors (Lipinski definition) is 1. The van der Waals surface area contributed by atoms with E-state index < -0.39 is 0 Å². The van der Waals surface area contributed by atoms with Crippen LogP contribution in [-0.4, -0.2) is 5.11 Å². The van der Waals surface area contributed by atoms with Crippen LogP contribution in [0.5, 0.6) is 5.75 Å². The normalized spacial score (nSPS) is 42.3. The van der Waals surface area contributed by atoms with Crippen LogP contribution in [0, 0.1) is 17.8 Å². The summed E-state index contributed by atoms with van der Waals surface area (Å²) in [4.78, 5) is 0. The second kappa shape index (κ2) is 3.28. The fourth-order valence-electron chi connectivity index (χ4n) is 5.07. The van der Waals surface area contributed by atoms with Crippen LogP contribution in [0.3, 0.4) is 0 Å². The summed E-state index contributed by atoms with van der Waals surface area (Å²) >= 11 is 3.55. The molecular formula is C15H17BrO. The van der Waals surface area contributed by atoms with Crippen molar-refractivity contribution in [3.05, 3.63) is 28.2 Å². The van der Waals surface area contributed by atoms with Gasteiger partial charge in [0, 0.05) is 10.0 Å². The van der Waals surface area contributed by atoms with Crippen LogP contribution in [0.2, 0.25) is 0 Å². The summed E-state index contributed by atoms with van der Waals surface area (Å²) in [6.45, 7) is 0. The third kappa shape index (κ3) is 1.36. The number of halogens is 1. The number of rotatable bonds is 1. The molecule has 1 aromatic rings. The third-order valence-corrected chi connectivity index (χ3v) is 5.95. The highest BCUT2D eigenvalue weighted by molar-refractivity contribution is 9.10. The zero-order valence-electron chi connectivity index (χ0n) is 9.82. The zero-order valence-corrected chi connectivity index (χ0v) is 11.4. The lowest BCUT2D eigenvalue weighted by molar-refractivity contribution is 0.224. The molecule has 1 nitrogen and oxygen atoms in total. The Morgan fingerprint density at radius 2 is 1.82 bits per heavy atom. The fourth-order valence-corrected chi connectivity index (χ4v) is 5.43. The standard InChI is InChI=1S/C15H17BrO/c16-12-1-2-14(17)13(5-12)15-6-9-3-10(7-15)11(4-9)8-15/h1-2,5,9-11,17H,3-4,6-8H2. The van der Waals surface area contributed by atoms with Crippen molar-refractivity contribution in [1.82, 2.24) is 0 Å². The van der Waals surface area contributed by atoms with E-state index in [9.17, 15) is 5.11 Å². The number of hydrogen-bond donors (Lipinski definition) is 1. The molecule has 0 heterocycles. The molecule has 0 aliphatic heterocycles. The average Bonchev–Trinajstić information content (AvgIpc) is 2.70. The maximum atomic E-state index is 10.2. The maximum absolute atomic E-state index is 10.2. The van der Waals surface area contributed by atoms with Crippen molar-refractivity contribution in [1.29, 1.82) is 0 Å². The first kappa shape index (κ1) is 10.4. The summed E-state index contributed by atoms with van der Waals surface area (Å²) < 4.78 is 1.10. The van der Waals surface area contributed by atoms with Crippen LogP contribution in [0.25, 0.3) is 0 Å². The summed E-state index contributed by atoms with van der Waals surface area (Å²) in [7, 11) is 0. The number of aromatic hydroxyl groups is 1. The molecule has 2 heteroatoms. The molecule has 4 saturated carbocycles. The molecule has 2 atom stereocenters. The van der Waals surface area contributed by atoms with Crippen LogP contribution in [-0.2, 0) is 5.41 Å². The van der Waals surface area contributed by atoms with Crippen molar-refractivity contribution < 1.29 is 5.11 Å². The predicted molar refractivity (Wildman–Crippen MR) is 71.0 cm³/mol. The molecule has 4 bridgehead atoms. The van der Waals surface area contributed by atoms with E-state index in [-0.39, 0.29) is 0 Å². The van der Waals surface area contributed by atoms with Gasteiger partial charge in [0.1, 0.15) is 5.75 Å². The lowest BCUT2D eigenvalue weighted by Crippen LogP contribution is -2.31. The Hall–Kier alpha value is -0.500. The van der Waals surface area contributed by atoms with Gasteiger partial charge >= 0.3 is 0 Å². The van der Waals surface area contributed by atoms with E-state index in [0.29, 0.717) is 11.2 Å². The molecule has 4 fully saturated rings. The van der Waals surface area contributed by atoms with Gasteiger partial charge in [-0.05, 0) is 73.5 Å². The van der Waals surface area contributed by atoms with Crippen molar-refractivity contribution in [2.75, 3.05) is 0 Å². The van der Waals surface area contributed by atoms with Gasteiger partial charge in [-0.3, -0.25) is 0 Å². The van der Waals surface area contributed by atoms with Crippen molar-refractivity contribution in [3.63, 3.8) is 0 Å². The van der Waals surface area contributed by atoms with Crippen LogP contribution >= 0.6 is 15.9 Å². The molecule has 0 radical (unpaired) electrons. The fraction of sp³-hybridized carbons (Fsp3) is 0.600. The van der Waals surface area contributed by atoms with E-state index in [1.54, 1.807) is 0 Å². The molecular weight excluding hydrogens is 276 g/mol. The summed E-state index contributed by atoms with van der Waals surface area (Å²) in [5.74, 6) is 3.35. The van der Waals surface area contributed by atoms with E-state index >= 15 is 0 Å². The van der Waals surface area contributed by atoms with Gasteiger partial charge < -0.3 is 5.11 Å². The number of phenols is 1. The molecule has 4 aliphatic carbocycles. The van der Waals surface area contributed by atoms with E-state index in [1.807, 2.05) is 12.1 Å².